The van der Waals surface area contributed by atoms with Crippen molar-refractivity contribution in [3.63, 3.8) is 0 Å². The summed E-state index contributed by atoms with van der Waals surface area (Å²) in [6.45, 7) is 4.40. The van der Waals surface area contributed by atoms with Crippen LogP contribution in [0.25, 0.3) is 0 Å². The third-order valence-corrected chi connectivity index (χ3v) is 1.71. The van der Waals surface area contributed by atoms with E-state index >= 15 is 0 Å². The van der Waals surface area contributed by atoms with Crippen LogP contribution in [0.3, 0.4) is 0 Å². The number of hydrogen-bond donors (Lipinski definition) is 2. The quantitative estimate of drug-likeness (QED) is 0.492. The number of carboxylic acids is 1. The minimum absolute atomic E-state index is 0.563. The van der Waals surface area contributed by atoms with Gasteiger partial charge in [0.1, 0.15) is 0 Å². The summed E-state index contributed by atoms with van der Waals surface area (Å²) in [5, 5.41) is 11.4. The van der Waals surface area contributed by atoms with Gasteiger partial charge in [-0.05, 0) is 0 Å². The largest absolute Gasteiger partial charge is 0.472 e. The number of piperazine rings is 1. The van der Waals surface area contributed by atoms with E-state index in [4.69, 9.17) is 5.11 Å². The predicted molar refractivity (Wildman–Crippen MR) is 44.7 cm³/mol. The van der Waals surface area contributed by atoms with E-state index in [2.05, 4.69) is 22.1 Å². The number of nitrogens with one attached hydrogen (secondary N) is 1. The molecular weight excluding hydrogens is 156 g/mol. The lowest BCUT2D eigenvalue weighted by Gasteiger charge is -2.24. The fourth-order valence-electron chi connectivity index (χ4n) is 1.10. The first kappa shape index (κ1) is 9.04. The fraction of sp³-hybridized carbons (Fsp3) is 0.625. The number of rotatable bonds is 1. The number of nitrogens with zero attached hydrogens (tertiary/aromatic N) is 1. The van der Waals surface area contributed by atoms with Gasteiger partial charge in [0.2, 0.25) is 0 Å². The smallest absolute Gasteiger partial charge is 0.381 e. The van der Waals surface area contributed by atoms with Crippen LogP contribution in [-0.2, 0) is 4.79 Å². The van der Waals surface area contributed by atoms with Gasteiger partial charge in [0.05, 0.1) is 6.54 Å². The Morgan fingerprint density at radius 3 is 2.75 bits per heavy atom. The van der Waals surface area contributed by atoms with Gasteiger partial charge in [-0.3, -0.25) is 4.90 Å². The predicted octanol–water partition coefficient (Wildman–Crippen LogP) is -1.02. The van der Waals surface area contributed by atoms with Crippen molar-refractivity contribution in [1.82, 2.24) is 10.2 Å². The highest BCUT2D eigenvalue weighted by Crippen LogP contribution is 1.89. The Labute approximate surface area is 71.6 Å². The lowest BCUT2D eigenvalue weighted by atomic mass is 10.3. The average Bonchev–Trinajstić information content (AvgIpc) is 2.05. The molecule has 0 aromatic carbocycles. The molecule has 0 atom stereocenters. The zero-order valence-electron chi connectivity index (χ0n) is 6.84. The van der Waals surface area contributed by atoms with Crippen LogP contribution in [0.5, 0.6) is 0 Å². The van der Waals surface area contributed by atoms with Crippen LogP contribution in [0.4, 0.5) is 0 Å². The molecule has 1 fully saturated rings. The third kappa shape index (κ3) is 3.37. The molecule has 0 aromatic heterocycles. The van der Waals surface area contributed by atoms with Gasteiger partial charge in [-0.15, -0.1) is 0 Å². The number of aliphatic carboxylic acids is 1. The van der Waals surface area contributed by atoms with E-state index < -0.39 is 5.97 Å². The van der Waals surface area contributed by atoms with E-state index in [9.17, 15) is 4.79 Å². The second-order valence-electron chi connectivity index (χ2n) is 2.63. The van der Waals surface area contributed by atoms with Crippen molar-refractivity contribution in [2.24, 2.45) is 0 Å². The first-order valence-electron chi connectivity index (χ1n) is 3.94. The highest BCUT2D eigenvalue weighted by atomic mass is 16.4. The molecule has 4 heteroatoms. The summed E-state index contributed by atoms with van der Waals surface area (Å²) >= 11 is 0. The maximum Gasteiger partial charge on any atom is 0.381 e. The molecular formula is C8H12N2O2. The summed E-state index contributed by atoms with van der Waals surface area (Å²) in [7, 11) is 0. The van der Waals surface area contributed by atoms with Gasteiger partial charge in [-0.1, -0.05) is 5.92 Å². The van der Waals surface area contributed by atoms with Crippen molar-refractivity contribution in [2.45, 2.75) is 0 Å². The Hall–Kier alpha value is -1.05. The zero-order valence-corrected chi connectivity index (χ0v) is 6.84. The van der Waals surface area contributed by atoms with E-state index in [0.29, 0.717) is 6.54 Å². The molecule has 66 valence electrons. The van der Waals surface area contributed by atoms with Crippen LogP contribution in [0.15, 0.2) is 0 Å². The molecule has 12 heavy (non-hydrogen) atoms. The van der Waals surface area contributed by atoms with E-state index in [-0.39, 0.29) is 0 Å². The van der Waals surface area contributed by atoms with Crippen molar-refractivity contribution >= 4 is 5.97 Å². The van der Waals surface area contributed by atoms with Gasteiger partial charge >= 0.3 is 5.97 Å². The second kappa shape index (κ2) is 4.75. The Bertz CT molecular complexity index is 211. The van der Waals surface area contributed by atoms with E-state index in [0.717, 1.165) is 26.2 Å². The maximum atomic E-state index is 10.0. The highest BCUT2D eigenvalue weighted by Gasteiger charge is 2.06. The summed E-state index contributed by atoms with van der Waals surface area (Å²) in [5.74, 6) is 3.65. The van der Waals surface area contributed by atoms with Crippen molar-refractivity contribution in [3.8, 4) is 11.8 Å². The molecule has 0 saturated carbocycles. The zero-order chi connectivity index (χ0) is 8.81. The molecule has 1 heterocycles. The summed E-state index contributed by atoms with van der Waals surface area (Å²) < 4.78 is 0. The van der Waals surface area contributed by atoms with Crippen LogP contribution in [0.2, 0.25) is 0 Å². The van der Waals surface area contributed by atoms with Crippen LogP contribution in [-0.4, -0.2) is 48.7 Å². The molecule has 2 N–H and O–H groups in total. The molecule has 4 nitrogen and oxygen atoms in total. The lowest BCUT2D eigenvalue weighted by Crippen LogP contribution is -2.43. The first-order valence-corrected chi connectivity index (χ1v) is 3.94. The maximum absolute atomic E-state index is 10.0. The van der Waals surface area contributed by atoms with Crippen LogP contribution < -0.4 is 5.32 Å². The van der Waals surface area contributed by atoms with Gasteiger partial charge < -0.3 is 10.4 Å². The monoisotopic (exact) mass is 168 g/mol. The van der Waals surface area contributed by atoms with Gasteiger partial charge in [-0.2, -0.15) is 0 Å². The van der Waals surface area contributed by atoms with E-state index in [1.54, 1.807) is 0 Å². The summed E-state index contributed by atoms with van der Waals surface area (Å²) in [5.41, 5.74) is 0. The summed E-state index contributed by atoms with van der Waals surface area (Å²) in [4.78, 5) is 12.2. The van der Waals surface area contributed by atoms with E-state index in [1.807, 2.05) is 0 Å². The Balaban J connectivity index is 2.22. The first-order chi connectivity index (χ1) is 5.79. The van der Waals surface area contributed by atoms with Gasteiger partial charge in [0.15, 0.2) is 0 Å². The van der Waals surface area contributed by atoms with Gasteiger partial charge in [0.25, 0.3) is 0 Å². The van der Waals surface area contributed by atoms with Crippen molar-refractivity contribution in [3.05, 3.63) is 0 Å². The minimum Gasteiger partial charge on any atom is -0.472 e. The average molecular weight is 168 g/mol. The molecule has 0 radical (unpaired) electrons. The van der Waals surface area contributed by atoms with Gasteiger partial charge in [-0.25, -0.2) is 4.79 Å². The Morgan fingerprint density at radius 2 is 2.17 bits per heavy atom. The fourth-order valence-corrected chi connectivity index (χ4v) is 1.10. The van der Waals surface area contributed by atoms with Crippen molar-refractivity contribution in [1.29, 1.82) is 0 Å². The molecule has 1 aliphatic rings. The highest BCUT2D eigenvalue weighted by molar-refractivity contribution is 5.86. The minimum atomic E-state index is -1.05. The molecule has 0 unspecified atom stereocenters. The molecule has 0 aromatic rings. The topological polar surface area (TPSA) is 52.6 Å². The molecule has 1 saturated heterocycles. The number of carboxylic acid groups (broad SMARTS) is 1. The second-order valence-corrected chi connectivity index (χ2v) is 2.63. The van der Waals surface area contributed by atoms with Gasteiger partial charge in [0, 0.05) is 32.1 Å². The molecule has 1 rings (SSSR count). The van der Waals surface area contributed by atoms with Crippen LogP contribution in [0, 0.1) is 11.8 Å². The Kier molecular flexibility index (Phi) is 3.58. The van der Waals surface area contributed by atoms with Crippen molar-refractivity contribution < 1.29 is 9.90 Å². The summed E-state index contributed by atoms with van der Waals surface area (Å²) in [6.07, 6.45) is 0. The molecule has 0 spiro atoms. The van der Waals surface area contributed by atoms with Crippen LogP contribution >= 0.6 is 0 Å². The Morgan fingerprint density at radius 1 is 1.50 bits per heavy atom. The van der Waals surface area contributed by atoms with Crippen LogP contribution in [0.1, 0.15) is 0 Å². The lowest BCUT2D eigenvalue weighted by molar-refractivity contribution is -0.130. The summed E-state index contributed by atoms with van der Waals surface area (Å²) in [6, 6.07) is 0. The number of carbonyl (C=O) groups is 1. The molecule has 0 aliphatic carbocycles. The standard InChI is InChI=1S/C8H12N2O2/c11-8(12)2-1-5-10-6-3-9-4-7-10/h9H,3-7H2,(H,11,12). The van der Waals surface area contributed by atoms with Crippen molar-refractivity contribution in [2.75, 3.05) is 32.7 Å². The molecule has 0 bridgehead atoms. The third-order valence-electron chi connectivity index (χ3n) is 1.71. The SMILES string of the molecule is O=C(O)C#CCN1CCNCC1. The number of hydrogen-bond acceptors (Lipinski definition) is 3. The molecule has 1 aliphatic heterocycles. The van der Waals surface area contributed by atoms with E-state index in [1.165, 1.54) is 0 Å². The normalized spacial score (nSPS) is 18.0. The molecule has 0 amide bonds.